The van der Waals surface area contributed by atoms with Gasteiger partial charge in [0.2, 0.25) is 0 Å². The summed E-state index contributed by atoms with van der Waals surface area (Å²) in [5.74, 6) is 2.23. The van der Waals surface area contributed by atoms with Crippen LogP contribution in [0.5, 0.6) is 0 Å². The zero-order valence-electron chi connectivity index (χ0n) is 10.3. The first-order valence-electron chi connectivity index (χ1n) is 5.44. The molecule has 1 aromatic rings. The Morgan fingerprint density at radius 2 is 2.25 bits per heavy atom. The Hall–Kier alpha value is -0.220. The molecule has 0 fully saturated rings. The van der Waals surface area contributed by atoms with Crippen molar-refractivity contribution in [2.45, 2.75) is 26.3 Å². The molecule has 0 saturated carbocycles. The van der Waals surface area contributed by atoms with E-state index in [4.69, 9.17) is 0 Å². The smallest absolute Gasteiger partial charge is 0.131 e. The summed E-state index contributed by atoms with van der Waals surface area (Å²) in [6.07, 6.45) is 5.16. The van der Waals surface area contributed by atoms with Crippen molar-refractivity contribution in [1.82, 2.24) is 4.98 Å². The summed E-state index contributed by atoms with van der Waals surface area (Å²) in [5, 5.41) is 0. The Balaban J connectivity index is 2.89. The van der Waals surface area contributed by atoms with Gasteiger partial charge < -0.3 is 4.90 Å². The molecular formula is C12H19BrN2S. The molecule has 0 aliphatic heterocycles. The third kappa shape index (κ3) is 3.39. The molecule has 1 unspecified atom stereocenters. The largest absolute Gasteiger partial charge is 0.356 e. The van der Waals surface area contributed by atoms with Crippen molar-refractivity contribution in [2.24, 2.45) is 0 Å². The molecule has 0 aromatic carbocycles. The van der Waals surface area contributed by atoms with E-state index in [-0.39, 0.29) is 0 Å². The van der Waals surface area contributed by atoms with Gasteiger partial charge in [0, 0.05) is 29.5 Å². The molecule has 1 rings (SSSR count). The van der Waals surface area contributed by atoms with Crippen LogP contribution in [-0.2, 0) is 0 Å². The normalized spacial score (nSPS) is 12.6. The van der Waals surface area contributed by atoms with Gasteiger partial charge in [0.25, 0.3) is 0 Å². The van der Waals surface area contributed by atoms with Crippen LogP contribution < -0.4 is 4.90 Å². The van der Waals surface area contributed by atoms with Crippen LogP contribution in [0.25, 0.3) is 0 Å². The highest BCUT2D eigenvalue weighted by Gasteiger charge is 2.15. The van der Waals surface area contributed by atoms with Crippen LogP contribution in [0.4, 0.5) is 5.82 Å². The van der Waals surface area contributed by atoms with Gasteiger partial charge in [-0.05, 0) is 47.2 Å². The van der Waals surface area contributed by atoms with E-state index in [0.29, 0.717) is 6.04 Å². The summed E-state index contributed by atoms with van der Waals surface area (Å²) in [6, 6.07) is 2.67. The number of hydrogen-bond donors (Lipinski definition) is 0. The number of aromatic nitrogens is 1. The fraction of sp³-hybridized carbons (Fsp3) is 0.583. The third-order valence-corrected chi connectivity index (χ3v) is 3.88. The molecule has 0 radical (unpaired) electrons. The molecule has 16 heavy (non-hydrogen) atoms. The number of anilines is 1. The standard InChI is InChI=1S/C12H19BrN2S/c1-5-11(8-16-4)15(3)12-9(2)6-10(13)7-14-12/h6-7,11H,5,8H2,1-4H3. The lowest BCUT2D eigenvalue weighted by molar-refractivity contribution is 0.664. The molecule has 90 valence electrons. The van der Waals surface area contributed by atoms with Crippen molar-refractivity contribution in [1.29, 1.82) is 0 Å². The van der Waals surface area contributed by atoms with E-state index in [2.05, 4.69) is 59.0 Å². The van der Waals surface area contributed by atoms with E-state index in [1.807, 2.05) is 18.0 Å². The number of thioether (sulfide) groups is 1. The van der Waals surface area contributed by atoms with Gasteiger partial charge in [-0.2, -0.15) is 11.8 Å². The molecule has 1 aromatic heterocycles. The van der Waals surface area contributed by atoms with Gasteiger partial charge in [-0.3, -0.25) is 0 Å². The lowest BCUT2D eigenvalue weighted by Gasteiger charge is -2.29. The summed E-state index contributed by atoms with van der Waals surface area (Å²) in [4.78, 5) is 6.79. The van der Waals surface area contributed by atoms with Crippen LogP contribution in [-0.4, -0.2) is 30.1 Å². The van der Waals surface area contributed by atoms with Crippen molar-refractivity contribution in [2.75, 3.05) is 24.0 Å². The number of hydrogen-bond acceptors (Lipinski definition) is 3. The molecule has 0 spiro atoms. The van der Waals surface area contributed by atoms with Crippen LogP contribution in [0.2, 0.25) is 0 Å². The topological polar surface area (TPSA) is 16.1 Å². The highest BCUT2D eigenvalue weighted by molar-refractivity contribution is 9.10. The number of aryl methyl sites for hydroxylation is 1. The molecule has 4 heteroatoms. The fourth-order valence-electron chi connectivity index (χ4n) is 1.77. The highest BCUT2D eigenvalue weighted by Crippen LogP contribution is 2.23. The molecule has 1 atom stereocenters. The highest BCUT2D eigenvalue weighted by atomic mass is 79.9. The maximum Gasteiger partial charge on any atom is 0.131 e. The number of pyridine rings is 1. The quantitative estimate of drug-likeness (QED) is 0.824. The average Bonchev–Trinajstić information content (AvgIpc) is 2.25. The molecule has 0 N–H and O–H groups in total. The van der Waals surface area contributed by atoms with Crippen molar-refractivity contribution >= 4 is 33.5 Å². The lowest BCUT2D eigenvalue weighted by atomic mass is 10.2. The molecule has 0 saturated heterocycles. The second kappa shape index (κ2) is 6.50. The maximum atomic E-state index is 4.50. The Morgan fingerprint density at radius 3 is 2.75 bits per heavy atom. The number of halogens is 1. The predicted octanol–water partition coefficient (Wildman–Crippen LogP) is 3.73. The van der Waals surface area contributed by atoms with E-state index >= 15 is 0 Å². The van der Waals surface area contributed by atoms with Crippen LogP contribution in [0.15, 0.2) is 16.7 Å². The molecular weight excluding hydrogens is 284 g/mol. The molecule has 1 heterocycles. The van der Waals surface area contributed by atoms with Crippen LogP contribution in [0.1, 0.15) is 18.9 Å². The molecule has 0 aliphatic rings. The summed E-state index contributed by atoms with van der Waals surface area (Å²) in [5.41, 5.74) is 1.22. The average molecular weight is 303 g/mol. The summed E-state index contributed by atoms with van der Waals surface area (Å²) >= 11 is 5.33. The lowest BCUT2D eigenvalue weighted by Crippen LogP contribution is -2.34. The molecule has 0 bridgehead atoms. The first-order valence-corrected chi connectivity index (χ1v) is 7.62. The van der Waals surface area contributed by atoms with Gasteiger partial charge in [-0.15, -0.1) is 0 Å². The summed E-state index contributed by atoms with van der Waals surface area (Å²) < 4.78 is 1.04. The maximum absolute atomic E-state index is 4.50. The van der Waals surface area contributed by atoms with Crippen LogP contribution >= 0.6 is 27.7 Å². The van der Waals surface area contributed by atoms with Crippen LogP contribution in [0, 0.1) is 6.92 Å². The third-order valence-electron chi connectivity index (χ3n) is 2.73. The predicted molar refractivity (Wildman–Crippen MR) is 77.5 cm³/mol. The van der Waals surface area contributed by atoms with Crippen molar-refractivity contribution < 1.29 is 0 Å². The molecule has 0 aliphatic carbocycles. The first kappa shape index (κ1) is 13.8. The fourth-order valence-corrected chi connectivity index (χ4v) is 3.06. The zero-order valence-corrected chi connectivity index (χ0v) is 12.7. The van der Waals surface area contributed by atoms with E-state index < -0.39 is 0 Å². The van der Waals surface area contributed by atoms with E-state index in [1.54, 1.807) is 0 Å². The second-order valence-corrected chi connectivity index (χ2v) is 5.75. The van der Waals surface area contributed by atoms with Crippen LogP contribution in [0.3, 0.4) is 0 Å². The van der Waals surface area contributed by atoms with Gasteiger partial charge >= 0.3 is 0 Å². The van der Waals surface area contributed by atoms with Gasteiger partial charge in [0.05, 0.1) is 0 Å². The number of rotatable bonds is 5. The zero-order chi connectivity index (χ0) is 12.1. The van der Waals surface area contributed by atoms with E-state index in [0.717, 1.165) is 22.5 Å². The Kier molecular flexibility index (Phi) is 5.62. The Labute approximate surface area is 111 Å². The SMILES string of the molecule is CCC(CSC)N(C)c1ncc(Br)cc1C. The van der Waals surface area contributed by atoms with Crippen molar-refractivity contribution in [3.8, 4) is 0 Å². The van der Waals surface area contributed by atoms with E-state index in [9.17, 15) is 0 Å². The minimum Gasteiger partial charge on any atom is -0.356 e. The minimum atomic E-state index is 0.558. The monoisotopic (exact) mass is 302 g/mol. The van der Waals surface area contributed by atoms with Crippen molar-refractivity contribution in [3.05, 3.63) is 22.3 Å². The Bertz CT molecular complexity index is 344. The number of nitrogens with zero attached hydrogens (tertiary/aromatic N) is 2. The van der Waals surface area contributed by atoms with Gasteiger partial charge in [0.15, 0.2) is 0 Å². The minimum absolute atomic E-state index is 0.558. The first-order chi connectivity index (χ1) is 7.60. The summed E-state index contributed by atoms with van der Waals surface area (Å²) in [6.45, 7) is 4.33. The van der Waals surface area contributed by atoms with Gasteiger partial charge in [0.1, 0.15) is 5.82 Å². The molecule has 2 nitrogen and oxygen atoms in total. The summed E-state index contributed by atoms with van der Waals surface area (Å²) in [7, 11) is 2.13. The van der Waals surface area contributed by atoms with E-state index in [1.165, 1.54) is 5.56 Å². The van der Waals surface area contributed by atoms with Gasteiger partial charge in [-0.1, -0.05) is 6.92 Å². The second-order valence-electron chi connectivity index (χ2n) is 3.92. The Morgan fingerprint density at radius 1 is 1.56 bits per heavy atom. The van der Waals surface area contributed by atoms with Gasteiger partial charge in [-0.25, -0.2) is 4.98 Å². The van der Waals surface area contributed by atoms with Crippen molar-refractivity contribution in [3.63, 3.8) is 0 Å². The molecule has 0 amide bonds.